The van der Waals surface area contributed by atoms with Crippen molar-refractivity contribution in [2.45, 2.75) is 20.3 Å². The highest BCUT2D eigenvalue weighted by molar-refractivity contribution is 6.32. The molecule has 0 bridgehead atoms. The smallest absolute Gasteiger partial charge is 0.0473 e. The van der Waals surface area contributed by atoms with Gasteiger partial charge in [0.15, 0.2) is 0 Å². The van der Waals surface area contributed by atoms with E-state index in [1.165, 1.54) is 23.5 Å². The average molecular weight is 180 g/mol. The molecule has 1 aromatic carbocycles. The summed E-state index contributed by atoms with van der Waals surface area (Å²) in [6.07, 6.45) is 1.23. The van der Waals surface area contributed by atoms with Crippen LogP contribution in [0.25, 0.3) is 0 Å². The predicted octanol–water partition coefficient (Wildman–Crippen LogP) is 3.61. The van der Waals surface area contributed by atoms with Gasteiger partial charge in [0.1, 0.15) is 0 Å². The first-order valence-corrected chi connectivity index (χ1v) is 4.69. The summed E-state index contributed by atoms with van der Waals surface area (Å²) in [6, 6.07) is 6.25. The molecule has 1 aliphatic carbocycles. The molecule has 1 fully saturated rings. The molecule has 63 valence electrons. The molecule has 12 heavy (non-hydrogen) atoms. The molecule has 0 nitrogen and oxygen atoms in total. The van der Waals surface area contributed by atoms with E-state index in [1.807, 2.05) is 0 Å². The van der Waals surface area contributed by atoms with E-state index in [-0.39, 0.29) is 0 Å². The fourth-order valence-electron chi connectivity index (χ4n) is 1.54. The zero-order valence-electron chi connectivity index (χ0n) is 7.39. The Morgan fingerprint density at radius 2 is 2.08 bits per heavy atom. The third-order valence-electron chi connectivity index (χ3n) is 2.50. The van der Waals surface area contributed by atoms with Crippen molar-refractivity contribution in [2.75, 3.05) is 0 Å². The third kappa shape index (κ3) is 1.25. The lowest BCUT2D eigenvalue weighted by Crippen LogP contribution is -1.86. The van der Waals surface area contributed by atoms with Crippen LogP contribution in [0.5, 0.6) is 0 Å². The Kier molecular flexibility index (Phi) is 1.88. The molecule has 0 spiro atoms. The number of rotatable bonds is 1. The van der Waals surface area contributed by atoms with Gasteiger partial charge in [0.25, 0.3) is 0 Å². The second-order valence-corrected chi connectivity index (χ2v) is 3.94. The summed E-state index contributed by atoms with van der Waals surface area (Å²) in [5.74, 6) is 2.27. The van der Waals surface area contributed by atoms with Gasteiger partial charge in [0, 0.05) is 10.9 Å². The van der Waals surface area contributed by atoms with Crippen molar-refractivity contribution in [3.63, 3.8) is 0 Å². The molecule has 1 saturated carbocycles. The molecule has 1 heteroatoms. The second kappa shape index (κ2) is 2.77. The zero-order chi connectivity index (χ0) is 8.72. The lowest BCUT2D eigenvalue weighted by Gasteiger charge is -2.04. The Morgan fingerprint density at radius 3 is 2.67 bits per heavy atom. The van der Waals surface area contributed by atoms with Crippen molar-refractivity contribution >= 4 is 11.6 Å². The predicted molar refractivity (Wildman–Crippen MR) is 52.3 cm³/mol. The van der Waals surface area contributed by atoms with Crippen LogP contribution < -0.4 is 0 Å². The molecule has 0 N–H and O–H groups in total. The summed E-state index contributed by atoms with van der Waals surface area (Å²) in [4.78, 5) is 0. The molecule has 1 aliphatic rings. The number of hydrogen-bond donors (Lipinski definition) is 0. The molecule has 1 atom stereocenters. The molecule has 0 aliphatic heterocycles. The highest BCUT2D eigenvalue weighted by Gasteiger charge is 2.36. The van der Waals surface area contributed by atoms with E-state index in [2.05, 4.69) is 32.0 Å². The van der Waals surface area contributed by atoms with Crippen molar-refractivity contribution < 1.29 is 0 Å². The molecule has 0 heterocycles. The van der Waals surface area contributed by atoms with Crippen LogP contribution in [0.3, 0.4) is 0 Å². The summed E-state index contributed by atoms with van der Waals surface area (Å²) in [5, 5.41) is 0.942. The van der Waals surface area contributed by atoms with Gasteiger partial charge < -0.3 is 0 Å². The lowest BCUT2D eigenvalue weighted by molar-refractivity contribution is 0.997. The molecule has 1 unspecified atom stereocenters. The van der Waals surface area contributed by atoms with E-state index in [0.29, 0.717) is 0 Å². The minimum Gasteiger partial charge on any atom is -0.0837 e. The van der Waals surface area contributed by atoms with Gasteiger partial charge in [-0.05, 0) is 30.4 Å². The van der Waals surface area contributed by atoms with Crippen LogP contribution in [0.1, 0.15) is 24.5 Å². The Balaban J connectivity index is 2.38. The zero-order valence-corrected chi connectivity index (χ0v) is 8.15. The van der Waals surface area contributed by atoms with Crippen LogP contribution in [-0.2, 0) is 0 Å². The summed E-state index contributed by atoms with van der Waals surface area (Å²) < 4.78 is 0. The van der Waals surface area contributed by atoms with Gasteiger partial charge in [-0.1, -0.05) is 36.7 Å². The molecule has 0 amide bonds. The van der Waals surface area contributed by atoms with Crippen molar-refractivity contribution in [1.82, 2.24) is 0 Å². The van der Waals surface area contributed by atoms with Gasteiger partial charge in [0.05, 0.1) is 0 Å². The number of aryl methyl sites for hydroxylation is 1. The van der Waals surface area contributed by atoms with E-state index in [0.717, 1.165) is 10.9 Å². The van der Waals surface area contributed by atoms with Gasteiger partial charge in [0.2, 0.25) is 0 Å². The van der Waals surface area contributed by atoms with Crippen molar-refractivity contribution in [3.05, 3.63) is 40.3 Å². The molecule has 1 aromatic rings. The number of hydrogen-bond acceptors (Lipinski definition) is 0. The summed E-state index contributed by atoms with van der Waals surface area (Å²) in [6.45, 7) is 4.30. The topological polar surface area (TPSA) is 0 Å². The van der Waals surface area contributed by atoms with E-state index in [9.17, 15) is 0 Å². The lowest BCUT2D eigenvalue weighted by atomic mass is 10.1. The monoisotopic (exact) mass is 179 g/mol. The van der Waals surface area contributed by atoms with E-state index < -0.39 is 0 Å². The normalized spacial score (nSPS) is 22.8. The Hall–Kier alpha value is -0.490. The molecule has 0 saturated heterocycles. The maximum atomic E-state index is 6.17. The number of benzene rings is 1. The maximum absolute atomic E-state index is 6.17. The first-order valence-electron chi connectivity index (χ1n) is 4.31. The van der Waals surface area contributed by atoms with Gasteiger partial charge >= 0.3 is 0 Å². The Labute approximate surface area is 78.6 Å². The van der Waals surface area contributed by atoms with Crippen molar-refractivity contribution in [3.8, 4) is 0 Å². The minimum atomic E-state index is 0.754. The maximum Gasteiger partial charge on any atom is 0.0473 e. The van der Waals surface area contributed by atoms with Gasteiger partial charge in [-0.15, -0.1) is 0 Å². The summed E-state index contributed by atoms with van der Waals surface area (Å²) in [5.41, 5.74) is 2.45. The van der Waals surface area contributed by atoms with Gasteiger partial charge in [-0.3, -0.25) is 0 Å². The molecule has 0 aromatic heterocycles. The van der Waals surface area contributed by atoms with Crippen LogP contribution >= 0.6 is 11.6 Å². The second-order valence-electron chi connectivity index (χ2n) is 3.57. The third-order valence-corrected chi connectivity index (χ3v) is 3.00. The van der Waals surface area contributed by atoms with Crippen LogP contribution in [0.4, 0.5) is 0 Å². The molecular weight excluding hydrogens is 168 g/mol. The highest BCUT2D eigenvalue weighted by atomic mass is 35.5. The quantitative estimate of drug-likeness (QED) is 0.618. The summed E-state index contributed by atoms with van der Waals surface area (Å²) in [7, 11) is 0. The fraction of sp³-hybridized carbons (Fsp3) is 0.364. The van der Waals surface area contributed by atoms with Gasteiger partial charge in [-0.2, -0.15) is 0 Å². The first kappa shape index (κ1) is 8.12. The van der Waals surface area contributed by atoms with Gasteiger partial charge in [-0.25, -0.2) is 0 Å². The Morgan fingerprint density at radius 1 is 1.42 bits per heavy atom. The summed E-state index contributed by atoms with van der Waals surface area (Å²) >= 11 is 6.17. The molecular formula is C11H12Cl. The highest BCUT2D eigenvalue weighted by Crippen LogP contribution is 2.48. The number of halogens is 1. The van der Waals surface area contributed by atoms with Crippen molar-refractivity contribution in [1.29, 1.82) is 0 Å². The van der Waals surface area contributed by atoms with E-state index in [4.69, 9.17) is 11.6 Å². The SMILES string of the molecule is Cc1cccc([C]2CC2C)c1Cl. The Bertz CT molecular complexity index is 304. The minimum absolute atomic E-state index is 0.754. The largest absolute Gasteiger partial charge is 0.0837 e. The van der Waals surface area contributed by atoms with Crippen LogP contribution in [0.2, 0.25) is 5.02 Å². The molecule has 2 rings (SSSR count). The van der Waals surface area contributed by atoms with Crippen molar-refractivity contribution in [2.24, 2.45) is 5.92 Å². The first-order chi connectivity index (χ1) is 5.70. The van der Waals surface area contributed by atoms with Crippen LogP contribution in [0, 0.1) is 18.8 Å². The van der Waals surface area contributed by atoms with Crippen LogP contribution in [0.15, 0.2) is 18.2 Å². The molecule has 1 radical (unpaired) electrons. The van der Waals surface area contributed by atoms with E-state index >= 15 is 0 Å². The standard InChI is InChI=1S/C11H12Cl/c1-7-4-3-5-9(11(7)12)10-6-8(10)2/h3-5,8H,6H2,1-2H3. The van der Waals surface area contributed by atoms with Crippen LogP contribution in [-0.4, -0.2) is 0 Å². The fourth-order valence-corrected chi connectivity index (χ4v) is 1.79. The van der Waals surface area contributed by atoms with E-state index in [1.54, 1.807) is 0 Å². The average Bonchev–Trinajstić information content (AvgIpc) is 2.73.